The number of urea groups is 1. The van der Waals surface area contributed by atoms with Crippen LogP contribution in [0.1, 0.15) is 50.4 Å². The van der Waals surface area contributed by atoms with Crippen molar-refractivity contribution < 1.29 is 14.3 Å². The summed E-state index contributed by atoms with van der Waals surface area (Å²) in [7, 11) is 1.55. The normalized spacial score (nSPS) is 14.4. The largest absolute Gasteiger partial charge is 0.375 e. The van der Waals surface area contributed by atoms with Crippen LogP contribution in [-0.4, -0.2) is 53.4 Å². The lowest BCUT2D eigenvalue weighted by molar-refractivity contribution is -0.136. The molecule has 8 nitrogen and oxygen atoms in total. The first-order chi connectivity index (χ1) is 18.1. The summed E-state index contributed by atoms with van der Waals surface area (Å²) in [4.78, 5) is 27.0. The fourth-order valence-electron chi connectivity index (χ4n) is 4.71. The Hall–Kier alpha value is -3.65. The molecule has 38 heavy (non-hydrogen) atoms. The number of nitrogens with zero attached hydrogens (tertiary/aromatic N) is 3. The molecule has 8 heteroatoms. The number of carbonyl (C=O) groups is 2. The van der Waals surface area contributed by atoms with Crippen LogP contribution in [0.4, 0.5) is 16.3 Å². The van der Waals surface area contributed by atoms with E-state index < -0.39 is 0 Å². The lowest BCUT2D eigenvalue weighted by Gasteiger charge is -2.32. The fraction of sp³-hybridized carbons (Fsp3) is 0.433. The zero-order valence-corrected chi connectivity index (χ0v) is 23.1. The molecule has 0 aliphatic carbocycles. The monoisotopic (exact) mass is 517 g/mol. The molecule has 4 rings (SSSR count). The van der Waals surface area contributed by atoms with E-state index in [1.807, 2.05) is 60.4 Å². The van der Waals surface area contributed by atoms with Gasteiger partial charge < -0.3 is 15.0 Å². The number of likely N-dealkylation sites (tertiary alicyclic amines) is 1. The van der Waals surface area contributed by atoms with Crippen LogP contribution in [0, 0.1) is 12.8 Å². The zero-order valence-electron chi connectivity index (χ0n) is 23.1. The van der Waals surface area contributed by atoms with Gasteiger partial charge in [-0.3, -0.25) is 10.1 Å². The maximum atomic E-state index is 13.0. The molecule has 2 N–H and O–H groups in total. The van der Waals surface area contributed by atoms with E-state index in [-0.39, 0.29) is 24.0 Å². The van der Waals surface area contributed by atoms with Gasteiger partial charge in [0.2, 0.25) is 5.91 Å². The number of methoxy groups -OCH3 is 1. The molecule has 1 saturated heterocycles. The molecule has 0 radical (unpaired) electrons. The van der Waals surface area contributed by atoms with E-state index in [9.17, 15) is 9.59 Å². The van der Waals surface area contributed by atoms with Crippen LogP contribution >= 0.6 is 0 Å². The SMILES string of the molecule is COCC(=O)N1CCC(Cc2cccc(NC(=O)Nc3cc(C(C)(C)C)nn3-c3ccc(C)cc3)c2)CC1. The Balaban J connectivity index is 1.40. The second-order valence-corrected chi connectivity index (χ2v) is 11.2. The van der Waals surface area contributed by atoms with Gasteiger partial charge in [0.05, 0.1) is 11.4 Å². The van der Waals surface area contributed by atoms with Gasteiger partial charge in [0, 0.05) is 37.4 Å². The second kappa shape index (κ2) is 11.8. The first-order valence-electron chi connectivity index (χ1n) is 13.2. The van der Waals surface area contributed by atoms with E-state index in [4.69, 9.17) is 9.84 Å². The minimum atomic E-state index is -0.319. The summed E-state index contributed by atoms with van der Waals surface area (Å²) >= 11 is 0. The van der Waals surface area contributed by atoms with Crippen LogP contribution < -0.4 is 10.6 Å². The summed E-state index contributed by atoms with van der Waals surface area (Å²) < 4.78 is 6.75. The van der Waals surface area contributed by atoms with Crippen molar-refractivity contribution in [3.63, 3.8) is 0 Å². The van der Waals surface area contributed by atoms with Gasteiger partial charge >= 0.3 is 6.03 Å². The first-order valence-corrected chi connectivity index (χ1v) is 13.2. The number of anilines is 2. The molecule has 2 aromatic carbocycles. The van der Waals surface area contributed by atoms with Gasteiger partial charge in [-0.15, -0.1) is 0 Å². The number of aryl methyl sites for hydroxylation is 1. The van der Waals surface area contributed by atoms with E-state index in [0.717, 1.165) is 55.0 Å². The lowest BCUT2D eigenvalue weighted by Crippen LogP contribution is -2.40. The molecule has 1 aliphatic rings. The predicted octanol–water partition coefficient (Wildman–Crippen LogP) is 5.55. The van der Waals surface area contributed by atoms with Gasteiger partial charge in [0.15, 0.2) is 0 Å². The average molecular weight is 518 g/mol. The van der Waals surface area contributed by atoms with Gasteiger partial charge in [-0.2, -0.15) is 5.10 Å². The molecule has 3 aromatic rings. The Bertz CT molecular complexity index is 1250. The summed E-state index contributed by atoms with van der Waals surface area (Å²) in [5.74, 6) is 1.18. The quantitative estimate of drug-likeness (QED) is 0.430. The summed E-state index contributed by atoms with van der Waals surface area (Å²) in [6.07, 6.45) is 2.85. The number of benzene rings is 2. The van der Waals surface area contributed by atoms with Crippen LogP contribution in [0.25, 0.3) is 5.69 Å². The van der Waals surface area contributed by atoms with Gasteiger partial charge in [-0.05, 0) is 61.9 Å². The highest BCUT2D eigenvalue weighted by Crippen LogP contribution is 2.27. The van der Waals surface area contributed by atoms with Gasteiger partial charge in [0.25, 0.3) is 0 Å². The smallest absolute Gasteiger partial charge is 0.324 e. The topological polar surface area (TPSA) is 88.5 Å². The minimum Gasteiger partial charge on any atom is -0.375 e. The Kier molecular flexibility index (Phi) is 8.52. The van der Waals surface area contributed by atoms with E-state index in [2.05, 4.69) is 37.5 Å². The number of piperidine rings is 1. The molecule has 3 amide bonds. The summed E-state index contributed by atoms with van der Waals surface area (Å²) in [5, 5.41) is 10.8. The van der Waals surface area contributed by atoms with Crippen molar-refractivity contribution in [2.24, 2.45) is 5.92 Å². The van der Waals surface area contributed by atoms with Crippen molar-refractivity contribution in [3.05, 3.63) is 71.4 Å². The summed E-state index contributed by atoms with van der Waals surface area (Å²) in [6, 6.07) is 17.7. The molecule has 0 spiro atoms. The number of aromatic nitrogens is 2. The Morgan fingerprint density at radius 1 is 1.03 bits per heavy atom. The highest BCUT2D eigenvalue weighted by Gasteiger charge is 2.23. The van der Waals surface area contributed by atoms with Crippen LogP contribution in [0.2, 0.25) is 0 Å². The van der Waals surface area contributed by atoms with Gasteiger partial charge in [-0.1, -0.05) is 50.6 Å². The standard InChI is InChI=1S/C30H39N5O3/c1-21-9-11-25(12-10-21)35-27(19-26(33-35)30(2,3)4)32-29(37)31-24-8-6-7-23(18-24)17-22-13-15-34(16-14-22)28(36)20-38-5/h6-12,18-19,22H,13-17,20H2,1-5H3,(H2,31,32,37). The molecular formula is C30H39N5O3. The molecule has 0 unspecified atom stereocenters. The number of hydrogen-bond donors (Lipinski definition) is 2. The van der Waals surface area contributed by atoms with Crippen LogP contribution in [0.3, 0.4) is 0 Å². The number of carbonyl (C=O) groups excluding carboxylic acids is 2. The average Bonchev–Trinajstić information content (AvgIpc) is 3.29. The molecule has 0 atom stereocenters. The highest BCUT2D eigenvalue weighted by molar-refractivity contribution is 5.99. The van der Waals surface area contributed by atoms with Crippen molar-refractivity contribution in [2.45, 2.75) is 52.4 Å². The number of hydrogen-bond acceptors (Lipinski definition) is 4. The zero-order chi connectivity index (χ0) is 27.3. The van der Waals surface area contributed by atoms with Crippen LogP contribution in [0.5, 0.6) is 0 Å². The first kappa shape index (κ1) is 27.4. The third kappa shape index (κ3) is 7.01. The van der Waals surface area contributed by atoms with Crippen molar-refractivity contribution in [2.75, 3.05) is 37.4 Å². The van der Waals surface area contributed by atoms with Gasteiger partial charge in [0.1, 0.15) is 12.4 Å². The Labute approximate surface area is 225 Å². The summed E-state index contributed by atoms with van der Waals surface area (Å²) in [6.45, 7) is 10.0. The third-order valence-electron chi connectivity index (χ3n) is 6.94. The van der Waals surface area contributed by atoms with Crippen LogP contribution in [0.15, 0.2) is 54.6 Å². The molecule has 0 saturated carbocycles. The number of amides is 3. The maximum absolute atomic E-state index is 13.0. The number of ether oxygens (including phenoxy) is 1. The van der Waals surface area contributed by atoms with Crippen molar-refractivity contribution in [3.8, 4) is 5.69 Å². The van der Waals surface area contributed by atoms with Crippen molar-refractivity contribution in [1.29, 1.82) is 0 Å². The van der Waals surface area contributed by atoms with E-state index in [0.29, 0.717) is 11.7 Å². The summed E-state index contributed by atoms with van der Waals surface area (Å²) in [5.41, 5.74) is 4.69. The molecule has 0 bridgehead atoms. The van der Waals surface area contributed by atoms with E-state index in [1.54, 1.807) is 11.8 Å². The van der Waals surface area contributed by atoms with E-state index >= 15 is 0 Å². The van der Waals surface area contributed by atoms with Crippen LogP contribution in [-0.2, 0) is 21.4 Å². The molecule has 2 heterocycles. The molecule has 1 fully saturated rings. The lowest BCUT2D eigenvalue weighted by atomic mass is 9.90. The van der Waals surface area contributed by atoms with Crippen molar-refractivity contribution >= 4 is 23.4 Å². The Morgan fingerprint density at radius 3 is 2.39 bits per heavy atom. The third-order valence-corrected chi connectivity index (χ3v) is 6.94. The highest BCUT2D eigenvalue weighted by atomic mass is 16.5. The molecule has 202 valence electrons. The number of nitrogens with one attached hydrogen (secondary N) is 2. The Morgan fingerprint density at radius 2 is 1.74 bits per heavy atom. The molecule has 1 aliphatic heterocycles. The fourth-order valence-corrected chi connectivity index (χ4v) is 4.71. The minimum absolute atomic E-state index is 0.0569. The predicted molar refractivity (Wildman–Crippen MR) is 151 cm³/mol. The molecular weight excluding hydrogens is 478 g/mol. The second-order valence-electron chi connectivity index (χ2n) is 11.2. The maximum Gasteiger partial charge on any atom is 0.324 e. The van der Waals surface area contributed by atoms with Gasteiger partial charge in [-0.25, -0.2) is 9.48 Å². The van der Waals surface area contributed by atoms with E-state index in [1.165, 1.54) is 5.56 Å². The number of rotatable bonds is 7. The molecule has 1 aromatic heterocycles. The van der Waals surface area contributed by atoms with Crippen molar-refractivity contribution in [1.82, 2.24) is 14.7 Å².